The largest absolute Gasteiger partial charge is 0.506 e. The number of aromatic hydroxyl groups is 1. The van der Waals surface area contributed by atoms with E-state index in [-0.39, 0.29) is 71.3 Å². The molecule has 74 heavy (non-hydrogen) atoms. The van der Waals surface area contributed by atoms with Crippen molar-refractivity contribution in [3.05, 3.63) is 154 Å². The topological polar surface area (TPSA) is 286 Å². The number of aliphatic hydroxyl groups is 1. The number of carbonyl (C=O) groups is 5. The molecule has 21 heteroatoms. The number of nitrogens with zero attached hydrogens (tertiary/aromatic N) is 3. The minimum atomic E-state index is -0.690. The molecule has 0 saturated heterocycles. The molecule has 5 aromatic rings. The van der Waals surface area contributed by atoms with Gasteiger partial charge in [0.2, 0.25) is 0 Å². The summed E-state index contributed by atoms with van der Waals surface area (Å²) in [6, 6.07) is 31.9. The average molecular weight is 1020 g/mol. The Morgan fingerprint density at radius 3 is 1.88 bits per heavy atom. The lowest BCUT2D eigenvalue weighted by Gasteiger charge is -2.14. The number of thioether (sulfide) groups is 1. The number of anilines is 4. The molecule has 0 bridgehead atoms. The van der Waals surface area contributed by atoms with Crippen molar-refractivity contribution in [2.45, 2.75) is 13.3 Å². The number of esters is 1. The van der Waals surface area contributed by atoms with E-state index in [4.69, 9.17) is 19.4 Å². The van der Waals surface area contributed by atoms with E-state index in [9.17, 15) is 29.4 Å². The van der Waals surface area contributed by atoms with Crippen LogP contribution in [0.3, 0.4) is 0 Å². The maximum atomic E-state index is 13.7. The van der Waals surface area contributed by atoms with E-state index in [0.29, 0.717) is 52.2 Å². The summed E-state index contributed by atoms with van der Waals surface area (Å²) in [5.41, 5.74) is 4.74. The molecule has 2 atom stereocenters. The Labute approximate surface area is 429 Å². The molecule has 3 aliphatic heterocycles. The van der Waals surface area contributed by atoms with E-state index in [0.717, 1.165) is 54.1 Å². The van der Waals surface area contributed by atoms with Gasteiger partial charge in [0, 0.05) is 59.1 Å². The predicted octanol–water partition coefficient (Wildman–Crippen LogP) is 7.72. The highest BCUT2D eigenvalue weighted by Gasteiger charge is 2.38. The van der Waals surface area contributed by atoms with E-state index in [2.05, 4.69) is 52.2 Å². The Morgan fingerprint density at radius 1 is 0.757 bits per heavy atom. The molecule has 5 aromatic carbocycles. The number of amides is 5. The minimum absolute atomic E-state index is 0.0311. The first-order chi connectivity index (χ1) is 36.0. The number of aliphatic imine (C=N–C) groups is 3. The number of carbonyl (C=O) groups excluding carboxylic acids is 4. The van der Waals surface area contributed by atoms with Crippen molar-refractivity contribution in [2.75, 3.05) is 67.2 Å². The molecule has 0 spiro atoms. The second-order valence-corrected chi connectivity index (χ2v) is 17.9. The first kappa shape index (κ1) is 51.3. The lowest BCUT2D eigenvalue weighted by Crippen LogP contribution is -2.27. The molecule has 1 fully saturated rings. The Hall–Kier alpha value is -9.11. The smallest absolute Gasteiger partial charge is 0.344 e. The lowest BCUT2D eigenvalue weighted by molar-refractivity contribution is -0.138. The number of hydrogen-bond acceptors (Lipinski definition) is 15. The Bertz CT molecular complexity index is 2970. The third kappa shape index (κ3) is 13.6. The molecule has 1 saturated carbocycles. The highest BCUT2D eigenvalue weighted by atomic mass is 32.2. The van der Waals surface area contributed by atoms with Gasteiger partial charge in [-0.3, -0.25) is 19.6 Å². The molecule has 9 rings (SSSR count). The Morgan fingerprint density at radius 2 is 1.34 bits per heavy atom. The van der Waals surface area contributed by atoms with Gasteiger partial charge in [0.1, 0.15) is 28.0 Å². The number of urea groups is 2. The SMILES string of the molecule is CCOC(=O)C1=C(O)/C(=C/c2ccc(OCC3CC3CNC(=O)c3cc(NC(=O)Nc4ccc(C5=NCCN5)cc4)cc(NC(=O)Nc4ccc(C5=NCCN5)cc4)c3)c(O)c2)SC1=Nc1ccccc1.O=CO. The van der Waals surface area contributed by atoms with Crippen LogP contribution >= 0.6 is 11.8 Å². The zero-order chi connectivity index (χ0) is 52.0. The zero-order valence-electron chi connectivity index (χ0n) is 39.9. The van der Waals surface area contributed by atoms with Crippen LogP contribution in [0.25, 0.3) is 6.08 Å². The number of hydrogen-bond donors (Lipinski definition) is 10. The fourth-order valence-electron chi connectivity index (χ4n) is 7.89. The first-order valence-corrected chi connectivity index (χ1v) is 24.3. The Balaban J connectivity index is 0.00000237. The summed E-state index contributed by atoms with van der Waals surface area (Å²) in [6.07, 6.45) is 2.41. The first-order valence-electron chi connectivity index (χ1n) is 23.5. The lowest BCUT2D eigenvalue weighted by atomic mass is 10.1. The maximum absolute atomic E-state index is 13.7. The summed E-state index contributed by atoms with van der Waals surface area (Å²) >= 11 is 1.12. The van der Waals surface area contributed by atoms with Gasteiger partial charge >= 0.3 is 18.0 Å². The van der Waals surface area contributed by atoms with Crippen LogP contribution in [-0.2, 0) is 14.3 Å². The van der Waals surface area contributed by atoms with Crippen molar-refractivity contribution in [2.24, 2.45) is 26.8 Å². The molecule has 10 N–H and O–H groups in total. The number of para-hydroxylation sites is 1. The average Bonchev–Trinajstić information content (AvgIpc) is 3.75. The van der Waals surface area contributed by atoms with Gasteiger partial charge in [-0.2, -0.15) is 0 Å². The summed E-state index contributed by atoms with van der Waals surface area (Å²) in [6.45, 7) is 5.15. The van der Waals surface area contributed by atoms with E-state index >= 15 is 0 Å². The maximum Gasteiger partial charge on any atom is 0.344 e. The third-order valence-electron chi connectivity index (χ3n) is 11.6. The predicted molar refractivity (Wildman–Crippen MR) is 285 cm³/mol. The van der Waals surface area contributed by atoms with Crippen molar-refractivity contribution in [3.8, 4) is 11.5 Å². The quantitative estimate of drug-likeness (QED) is 0.0335. The van der Waals surface area contributed by atoms with Gasteiger partial charge in [0.25, 0.3) is 12.4 Å². The zero-order valence-corrected chi connectivity index (χ0v) is 40.7. The molecular formula is C53H52N10O10S. The fourth-order valence-corrected chi connectivity index (χ4v) is 8.93. The van der Waals surface area contributed by atoms with Crippen molar-refractivity contribution < 1.29 is 48.8 Å². The number of nitrogens with one attached hydrogen (secondary N) is 7. The number of phenolic OH excluding ortho intramolecular Hbond substituents is 1. The number of phenols is 1. The van der Waals surface area contributed by atoms with Crippen molar-refractivity contribution in [1.82, 2.24) is 16.0 Å². The second kappa shape index (κ2) is 24.3. The van der Waals surface area contributed by atoms with Gasteiger partial charge in [-0.1, -0.05) is 36.0 Å². The van der Waals surface area contributed by atoms with Gasteiger partial charge in [-0.15, -0.1) is 0 Å². The van der Waals surface area contributed by atoms with E-state index < -0.39 is 23.9 Å². The number of aliphatic hydroxyl groups excluding tert-OH is 1. The molecule has 0 radical (unpaired) electrons. The summed E-state index contributed by atoms with van der Waals surface area (Å²) in [7, 11) is 0. The van der Waals surface area contributed by atoms with E-state index in [1.54, 1.807) is 67.6 Å². The molecule has 2 unspecified atom stereocenters. The molecule has 20 nitrogen and oxygen atoms in total. The van der Waals surface area contributed by atoms with Crippen LogP contribution in [0, 0.1) is 11.8 Å². The van der Waals surface area contributed by atoms with Gasteiger partial charge in [0.15, 0.2) is 11.5 Å². The van der Waals surface area contributed by atoms with Crippen molar-refractivity contribution >= 4 is 93.4 Å². The van der Waals surface area contributed by atoms with Crippen LogP contribution in [0.5, 0.6) is 11.5 Å². The molecule has 1 aliphatic carbocycles. The second-order valence-electron chi connectivity index (χ2n) is 16.8. The number of rotatable bonds is 16. The van der Waals surface area contributed by atoms with Crippen LogP contribution in [0.2, 0.25) is 0 Å². The summed E-state index contributed by atoms with van der Waals surface area (Å²) < 4.78 is 11.2. The van der Waals surface area contributed by atoms with Crippen molar-refractivity contribution in [1.29, 1.82) is 0 Å². The number of benzene rings is 5. The monoisotopic (exact) mass is 1020 g/mol. The summed E-state index contributed by atoms with van der Waals surface area (Å²) in [5.74, 6) is 0.575. The molecule has 5 amide bonds. The van der Waals surface area contributed by atoms with Crippen LogP contribution < -0.4 is 42.0 Å². The fraction of sp³-hybridized carbons (Fsp3) is 0.208. The number of amidine groups is 2. The minimum Gasteiger partial charge on any atom is -0.506 e. The summed E-state index contributed by atoms with van der Waals surface area (Å²) in [4.78, 5) is 75.1. The van der Waals surface area contributed by atoms with Crippen LogP contribution in [-0.4, -0.2) is 108 Å². The number of carboxylic acid groups (broad SMARTS) is 1. The van der Waals surface area contributed by atoms with E-state index in [1.165, 1.54) is 18.2 Å². The molecule has 3 heterocycles. The highest BCUT2D eigenvalue weighted by molar-refractivity contribution is 8.18. The van der Waals surface area contributed by atoms with Gasteiger partial charge in [-0.05, 0) is 128 Å². The molecule has 380 valence electrons. The summed E-state index contributed by atoms with van der Waals surface area (Å²) in [5, 5.41) is 49.8. The highest BCUT2D eigenvalue weighted by Crippen LogP contribution is 2.42. The van der Waals surface area contributed by atoms with Crippen LogP contribution in [0.4, 0.5) is 38.0 Å². The van der Waals surface area contributed by atoms with Gasteiger partial charge in [0.05, 0.1) is 36.9 Å². The molecule has 0 aromatic heterocycles. The third-order valence-corrected chi connectivity index (χ3v) is 12.6. The van der Waals surface area contributed by atoms with Crippen LogP contribution in [0.15, 0.2) is 146 Å². The van der Waals surface area contributed by atoms with Crippen molar-refractivity contribution in [3.63, 3.8) is 0 Å². The van der Waals surface area contributed by atoms with Gasteiger partial charge in [-0.25, -0.2) is 19.4 Å². The normalized spacial score (nSPS) is 17.4. The Kier molecular flexibility index (Phi) is 16.9. The molecule has 4 aliphatic rings. The van der Waals surface area contributed by atoms with Crippen LogP contribution in [0.1, 0.15) is 40.4 Å². The van der Waals surface area contributed by atoms with E-state index in [1.807, 2.05) is 42.5 Å². The molecular weight excluding hydrogens is 969 g/mol. The van der Waals surface area contributed by atoms with Gasteiger partial charge < -0.3 is 62.0 Å². The number of ether oxygens (including phenoxy) is 2. The standard InChI is InChI=1S/C52H50N10O8S.CH2O2/c1-2-69-50(66)44-45(64)43(71-49(44)58-36-6-4-3-5-7-36)23-30-8-17-42(41(63)22-30)70-29-35-24-34(35)28-57-48(65)33-25-39(61-51(67)59-37-13-9-31(10-14-37)46-53-18-19-54-46)27-40(26-33)62-52(68)60-38-15-11-32(12-16-38)47-55-20-21-56-47;2-1-3/h3-17,22-23,25-27,34-35,63-64H,2,18-21,24,28-29H2,1H3,(H,53,54)(H,55,56)(H,57,65)(H2,59,61,67)(H2,60,62,68);1H,(H,2,3)/b43-23-,58-49?;.